The smallest absolute Gasteiger partial charge is 0.251 e. The molecule has 4 nitrogen and oxygen atoms in total. The van der Waals surface area contributed by atoms with Crippen molar-refractivity contribution < 1.29 is 13.2 Å². The van der Waals surface area contributed by atoms with Crippen molar-refractivity contribution in [3.63, 3.8) is 0 Å². The second-order valence-corrected chi connectivity index (χ2v) is 7.66. The van der Waals surface area contributed by atoms with Crippen molar-refractivity contribution in [3.05, 3.63) is 15.9 Å². The Labute approximate surface area is 115 Å². The number of rotatable bonds is 6. The van der Waals surface area contributed by atoms with E-state index in [2.05, 4.69) is 20.7 Å². The summed E-state index contributed by atoms with van der Waals surface area (Å²) in [5.41, 5.74) is 0. The van der Waals surface area contributed by atoms with Gasteiger partial charge in [0.25, 0.3) is 10.0 Å². The van der Waals surface area contributed by atoms with Gasteiger partial charge in [-0.2, -0.15) is 0 Å². The second kappa shape index (κ2) is 6.29. The third-order valence-electron chi connectivity index (χ3n) is 2.29. The van der Waals surface area contributed by atoms with Crippen LogP contribution in [-0.2, 0) is 14.8 Å². The van der Waals surface area contributed by atoms with E-state index in [1.807, 2.05) is 13.8 Å². The first-order valence-corrected chi connectivity index (χ1v) is 8.28. The SMILES string of the molecule is COCC(NS(=O)(=O)c1sccc1Br)C(C)C. The summed E-state index contributed by atoms with van der Waals surface area (Å²) in [5.74, 6) is 0.170. The van der Waals surface area contributed by atoms with E-state index < -0.39 is 10.0 Å². The average molecular weight is 342 g/mol. The second-order valence-electron chi connectivity index (χ2n) is 3.98. The summed E-state index contributed by atoms with van der Waals surface area (Å²) in [6.45, 7) is 4.27. The standard InChI is InChI=1S/C10H16BrNO3S2/c1-7(2)9(6-15-3)12-17(13,14)10-8(11)4-5-16-10/h4-5,7,9,12H,6H2,1-3H3. The summed E-state index contributed by atoms with van der Waals surface area (Å²) in [4.78, 5) is 0. The summed E-state index contributed by atoms with van der Waals surface area (Å²) in [6.07, 6.45) is 0. The van der Waals surface area contributed by atoms with Crippen molar-refractivity contribution in [1.82, 2.24) is 4.72 Å². The monoisotopic (exact) mass is 341 g/mol. The minimum absolute atomic E-state index is 0.170. The molecule has 1 rings (SSSR count). The van der Waals surface area contributed by atoms with Crippen molar-refractivity contribution in [2.24, 2.45) is 5.92 Å². The summed E-state index contributed by atoms with van der Waals surface area (Å²) < 4.78 is 32.8. The van der Waals surface area contributed by atoms with Gasteiger partial charge in [0.2, 0.25) is 0 Å². The molecule has 0 saturated heterocycles. The number of hydrogen-bond donors (Lipinski definition) is 1. The van der Waals surface area contributed by atoms with E-state index in [1.165, 1.54) is 11.3 Å². The minimum Gasteiger partial charge on any atom is -0.383 e. The highest BCUT2D eigenvalue weighted by molar-refractivity contribution is 9.10. The fourth-order valence-electron chi connectivity index (χ4n) is 1.27. The van der Waals surface area contributed by atoms with E-state index in [1.54, 1.807) is 18.6 Å². The molecule has 1 atom stereocenters. The van der Waals surface area contributed by atoms with Crippen LogP contribution < -0.4 is 4.72 Å². The summed E-state index contributed by atoms with van der Waals surface area (Å²) in [6, 6.07) is 1.50. The molecule has 98 valence electrons. The van der Waals surface area contributed by atoms with Gasteiger partial charge >= 0.3 is 0 Å². The van der Waals surface area contributed by atoms with Crippen molar-refractivity contribution in [3.8, 4) is 0 Å². The number of halogens is 1. The minimum atomic E-state index is -3.47. The molecule has 0 aliphatic carbocycles. The molecular formula is C10H16BrNO3S2. The van der Waals surface area contributed by atoms with Crippen LogP contribution >= 0.6 is 27.3 Å². The van der Waals surface area contributed by atoms with Crippen molar-refractivity contribution in [2.45, 2.75) is 24.1 Å². The molecule has 7 heteroatoms. The lowest BCUT2D eigenvalue weighted by molar-refractivity contribution is 0.157. The molecule has 1 N–H and O–H groups in total. The Morgan fingerprint density at radius 2 is 2.18 bits per heavy atom. The van der Waals surface area contributed by atoms with Crippen LogP contribution in [-0.4, -0.2) is 28.2 Å². The molecule has 0 fully saturated rings. The maximum absolute atomic E-state index is 12.1. The van der Waals surface area contributed by atoms with Crippen LogP contribution in [0.5, 0.6) is 0 Å². The largest absolute Gasteiger partial charge is 0.383 e. The zero-order chi connectivity index (χ0) is 13.1. The van der Waals surface area contributed by atoms with Gasteiger partial charge in [-0.05, 0) is 33.3 Å². The van der Waals surface area contributed by atoms with E-state index in [0.29, 0.717) is 15.3 Å². The van der Waals surface area contributed by atoms with Crippen molar-refractivity contribution in [1.29, 1.82) is 0 Å². The predicted octanol–water partition coefficient (Wildman–Crippen LogP) is 2.46. The molecule has 0 saturated carbocycles. The molecule has 0 aliphatic rings. The lowest BCUT2D eigenvalue weighted by Gasteiger charge is -2.21. The molecule has 0 radical (unpaired) electrons. The fraction of sp³-hybridized carbons (Fsp3) is 0.600. The fourth-order valence-corrected chi connectivity index (χ4v) is 4.99. The first kappa shape index (κ1) is 15.1. The third kappa shape index (κ3) is 4.03. The van der Waals surface area contributed by atoms with E-state index in [-0.39, 0.29) is 12.0 Å². The Morgan fingerprint density at radius 3 is 2.59 bits per heavy atom. The number of hydrogen-bond acceptors (Lipinski definition) is 4. The number of ether oxygens (including phenoxy) is 1. The Hall–Kier alpha value is 0.0500. The number of nitrogens with one attached hydrogen (secondary N) is 1. The molecule has 0 bridgehead atoms. The third-order valence-corrected chi connectivity index (χ3v) is 6.45. The molecule has 1 aromatic rings. The van der Waals surface area contributed by atoms with Crippen LogP contribution in [0.3, 0.4) is 0 Å². The summed E-state index contributed by atoms with van der Waals surface area (Å²) >= 11 is 4.42. The van der Waals surface area contributed by atoms with Crippen LogP contribution in [0.25, 0.3) is 0 Å². The lowest BCUT2D eigenvalue weighted by atomic mass is 10.1. The van der Waals surface area contributed by atoms with Gasteiger partial charge in [-0.15, -0.1) is 11.3 Å². The van der Waals surface area contributed by atoms with Gasteiger partial charge in [0.15, 0.2) is 0 Å². The normalized spacial score (nSPS) is 14.2. The maximum Gasteiger partial charge on any atom is 0.251 e. The number of sulfonamides is 1. The summed E-state index contributed by atoms with van der Waals surface area (Å²) in [5, 5.41) is 1.74. The lowest BCUT2D eigenvalue weighted by Crippen LogP contribution is -2.41. The molecular weight excluding hydrogens is 326 g/mol. The van der Waals surface area contributed by atoms with Gasteiger partial charge < -0.3 is 4.74 Å². The van der Waals surface area contributed by atoms with Crippen molar-refractivity contribution >= 4 is 37.3 Å². The van der Waals surface area contributed by atoms with Crippen LogP contribution in [0, 0.1) is 5.92 Å². The highest BCUT2D eigenvalue weighted by Crippen LogP contribution is 2.27. The zero-order valence-corrected chi connectivity index (χ0v) is 13.2. The quantitative estimate of drug-likeness (QED) is 0.864. The van der Waals surface area contributed by atoms with E-state index in [9.17, 15) is 8.42 Å². The average Bonchev–Trinajstić information content (AvgIpc) is 2.64. The Morgan fingerprint density at radius 1 is 1.53 bits per heavy atom. The van der Waals surface area contributed by atoms with Crippen molar-refractivity contribution in [2.75, 3.05) is 13.7 Å². The molecule has 1 aromatic heterocycles. The number of methoxy groups -OCH3 is 1. The van der Waals surface area contributed by atoms with E-state index in [4.69, 9.17) is 4.74 Å². The van der Waals surface area contributed by atoms with Crippen LogP contribution in [0.1, 0.15) is 13.8 Å². The highest BCUT2D eigenvalue weighted by Gasteiger charge is 2.25. The molecule has 1 heterocycles. The molecule has 0 aromatic carbocycles. The molecule has 0 spiro atoms. The Kier molecular flexibility index (Phi) is 5.59. The zero-order valence-electron chi connectivity index (χ0n) is 9.94. The van der Waals surface area contributed by atoms with Gasteiger partial charge in [-0.3, -0.25) is 0 Å². The Bertz CT molecular complexity index is 456. The first-order valence-electron chi connectivity index (χ1n) is 5.12. The van der Waals surface area contributed by atoms with E-state index in [0.717, 1.165) is 0 Å². The first-order chi connectivity index (χ1) is 7.88. The van der Waals surface area contributed by atoms with E-state index >= 15 is 0 Å². The van der Waals surface area contributed by atoms with Gasteiger partial charge in [0.05, 0.1) is 6.61 Å². The highest BCUT2D eigenvalue weighted by atomic mass is 79.9. The summed E-state index contributed by atoms with van der Waals surface area (Å²) in [7, 11) is -1.91. The number of thiophene rings is 1. The molecule has 1 unspecified atom stereocenters. The Balaban J connectivity index is 2.89. The molecule has 0 amide bonds. The molecule has 0 aliphatic heterocycles. The van der Waals surface area contributed by atoms with Gasteiger partial charge in [-0.1, -0.05) is 13.8 Å². The predicted molar refractivity (Wildman–Crippen MR) is 72.8 cm³/mol. The topological polar surface area (TPSA) is 55.4 Å². The molecule has 17 heavy (non-hydrogen) atoms. The van der Waals surface area contributed by atoms with Crippen LogP contribution in [0.2, 0.25) is 0 Å². The van der Waals surface area contributed by atoms with Crippen LogP contribution in [0.15, 0.2) is 20.1 Å². The van der Waals surface area contributed by atoms with Gasteiger partial charge in [0, 0.05) is 17.6 Å². The van der Waals surface area contributed by atoms with Gasteiger partial charge in [0.1, 0.15) is 4.21 Å². The van der Waals surface area contributed by atoms with Gasteiger partial charge in [-0.25, -0.2) is 13.1 Å². The maximum atomic E-state index is 12.1. The van der Waals surface area contributed by atoms with Crippen LogP contribution in [0.4, 0.5) is 0 Å².